The van der Waals surface area contributed by atoms with Crippen molar-refractivity contribution in [2.75, 3.05) is 50.4 Å². The largest absolute Gasteiger partial charge is 0.369 e. The van der Waals surface area contributed by atoms with Crippen LogP contribution in [0.3, 0.4) is 0 Å². The van der Waals surface area contributed by atoms with Crippen molar-refractivity contribution in [2.45, 2.75) is 39.7 Å². The highest BCUT2D eigenvalue weighted by atomic mass is 127. The molecule has 0 spiro atoms. The molecule has 0 radical (unpaired) electrons. The van der Waals surface area contributed by atoms with Crippen molar-refractivity contribution in [2.24, 2.45) is 4.99 Å². The summed E-state index contributed by atoms with van der Waals surface area (Å²) >= 11 is 0. The molecule has 0 aliphatic carbocycles. The Morgan fingerprint density at radius 3 is 2.48 bits per heavy atom. The van der Waals surface area contributed by atoms with E-state index in [0.29, 0.717) is 25.6 Å². The number of guanidine groups is 1. The number of aliphatic imine (C=N–C) groups is 1. The molecule has 7 nitrogen and oxygen atoms in total. The normalized spacial score (nSPS) is 17.8. The number of benzene rings is 1. The van der Waals surface area contributed by atoms with Crippen molar-refractivity contribution in [3.05, 3.63) is 29.8 Å². The lowest BCUT2D eigenvalue weighted by atomic mass is 10.0. The molecule has 1 aliphatic rings. The first-order valence-corrected chi connectivity index (χ1v) is 11.8. The average molecular weight is 538 g/mol. The van der Waals surface area contributed by atoms with Gasteiger partial charge in [-0.3, -0.25) is 4.99 Å². The molecule has 0 amide bonds. The van der Waals surface area contributed by atoms with Gasteiger partial charge in [0.15, 0.2) is 5.96 Å². The molecule has 0 aromatic heterocycles. The Labute approximate surface area is 193 Å². The van der Waals surface area contributed by atoms with E-state index in [2.05, 4.69) is 51.7 Å². The third-order valence-electron chi connectivity index (χ3n) is 5.14. The topological polar surface area (TPSA) is 77.0 Å². The Balaban J connectivity index is 0.00000420. The minimum Gasteiger partial charge on any atom is -0.369 e. The zero-order valence-electron chi connectivity index (χ0n) is 18.0. The number of piperidine rings is 1. The molecule has 166 valence electrons. The van der Waals surface area contributed by atoms with Crippen molar-refractivity contribution in [1.82, 2.24) is 14.9 Å². The van der Waals surface area contributed by atoms with Crippen molar-refractivity contribution >= 4 is 45.6 Å². The van der Waals surface area contributed by atoms with Gasteiger partial charge in [0.2, 0.25) is 10.0 Å². The van der Waals surface area contributed by atoms with Crippen LogP contribution in [0.25, 0.3) is 0 Å². The van der Waals surface area contributed by atoms with Gasteiger partial charge in [0.05, 0.1) is 5.75 Å². The quantitative estimate of drug-likeness (QED) is 0.303. The summed E-state index contributed by atoms with van der Waals surface area (Å²) in [7, 11) is -1.51. The smallest absolute Gasteiger partial charge is 0.215 e. The molecule has 0 bridgehead atoms. The van der Waals surface area contributed by atoms with Gasteiger partial charge < -0.3 is 15.5 Å². The van der Waals surface area contributed by atoms with Crippen LogP contribution in [0.1, 0.15) is 32.3 Å². The van der Waals surface area contributed by atoms with E-state index in [-0.39, 0.29) is 35.8 Å². The van der Waals surface area contributed by atoms with Crippen molar-refractivity contribution in [1.29, 1.82) is 0 Å². The maximum absolute atomic E-state index is 12.3. The molecular weight excluding hydrogens is 501 g/mol. The highest BCUT2D eigenvalue weighted by molar-refractivity contribution is 14.0. The third-order valence-corrected chi connectivity index (χ3v) is 7.16. The molecule has 1 fully saturated rings. The van der Waals surface area contributed by atoms with Crippen LogP contribution >= 0.6 is 24.0 Å². The predicted octanol–water partition coefficient (Wildman–Crippen LogP) is 2.42. The molecule has 1 aliphatic heterocycles. The predicted molar refractivity (Wildman–Crippen MR) is 133 cm³/mol. The summed E-state index contributed by atoms with van der Waals surface area (Å²) in [5.74, 6) is 0.723. The highest BCUT2D eigenvalue weighted by Gasteiger charge is 2.22. The number of aryl methyl sites for hydroxylation is 1. The van der Waals surface area contributed by atoms with Gasteiger partial charge in [-0.15, -0.1) is 24.0 Å². The summed E-state index contributed by atoms with van der Waals surface area (Å²) in [5, 5.41) is 6.60. The molecule has 9 heteroatoms. The summed E-state index contributed by atoms with van der Waals surface area (Å²) in [4.78, 5) is 6.65. The Hall–Kier alpha value is -1.07. The maximum Gasteiger partial charge on any atom is 0.215 e. The number of rotatable bonds is 8. The number of sulfonamides is 1. The monoisotopic (exact) mass is 537 g/mol. The standard InChI is InChI=1S/C20H35N5O2S.HI/c1-5-25(6-2)28(26,27)15-13-22-20(21-4)23-18-8-7-14-24(16-18)19-11-9-17(3)10-12-19;/h9-12,18H,5-8,13-16H2,1-4H3,(H2,21,22,23);1H. The van der Waals surface area contributed by atoms with Crippen molar-refractivity contribution in [3.8, 4) is 0 Å². The maximum atomic E-state index is 12.3. The number of halogens is 1. The lowest BCUT2D eigenvalue weighted by molar-refractivity contribution is 0.444. The molecule has 0 saturated carbocycles. The number of nitrogens with zero attached hydrogens (tertiary/aromatic N) is 3. The van der Waals surface area contributed by atoms with E-state index in [1.807, 2.05) is 13.8 Å². The van der Waals surface area contributed by atoms with Crippen molar-refractivity contribution < 1.29 is 8.42 Å². The SMILES string of the molecule is CCN(CC)S(=O)(=O)CCNC(=NC)NC1CCCN(c2ccc(C)cc2)C1.I. The average Bonchev–Trinajstić information content (AvgIpc) is 2.68. The van der Waals surface area contributed by atoms with E-state index in [9.17, 15) is 8.42 Å². The van der Waals surface area contributed by atoms with Gasteiger partial charge in [-0.2, -0.15) is 0 Å². The molecule has 1 saturated heterocycles. The minimum absolute atomic E-state index is 0. The van der Waals surface area contributed by atoms with Gasteiger partial charge >= 0.3 is 0 Å². The van der Waals surface area contributed by atoms with Crippen LogP contribution in [-0.2, 0) is 10.0 Å². The van der Waals surface area contributed by atoms with Crippen LogP contribution in [0.4, 0.5) is 5.69 Å². The van der Waals surface area contributed by atoms with Crippen LogP contribution in [-0.4, -0.2) is 70.2 Å². The van der Waals surface area contributed by atoms with Crippen LogP contribution in [0, 0.1) is 6.92 Å². The summed E-state index contributed by atoms with van der Waals surface area (Å²) in [6.45, 7) is 9.12. The first kappa shape index (κ1) is 26.0. The minimum atomic E-state index is -3.23. The van der Waals surface area contributed by atoms with Crippen LogP contribution < -0.4 is 15.5 Å². The Morgan fingerprint density at radius 2 is 1.90 bits per heavy atom. The van der Waals surface area contributed by atoms with E-state index in [1.54, 1.807) is 7.05 Å². The number of hydrogen-bond donors (Lipinski definition) is 2. The molecule has 1 atom stereocenters. The highest BCUT2D eigenvalue weighted by Crippen LogP contribution is 2.20. The molecule has 2 rings (SSSR count). The molecule has 29 heavy (non-hydrogen) atoms. The molecule has 2 N–H and O–H groups in total. The van der Waals surface area contributed by atoms with Gasteiger partial charge in [-0.05, 0) is 31.9 Å². The van der Waals surface area contributed by atoms with Gasteiger partial charge in [0.25, 0.3) is 0 Å². The fourth-order valence-electron chi connectivity index (χ4n) is 3.52. The van der Waals surface area contributed by atoms with E-state index < -0.39 is 10.0 Å². The lowest BCUT2D eigenvalue weighted by Gasteiger charge is -2.35. The molecule has 1 heterocycles. The van der Waals surface area contributed by atoms with Crippen LogP contribution in [0.15, 0.2) is 29.3 Å². The fraction of sp³-hybridized carbons (Fsp3) is 0.650. The second kappa shape index (κ2) is 12.6. The lowest BCUT2D eigenvalue weighted by Crippen LogP contribution is -2.52. The number of nitrogens with one attached hydrogen (secondary N) is 2. The van der Waals surface area contributed by atoms with E-state index in [4.69, 9.17) is 0 Å². The van der Waals surface area contributed by atoms with E-state index in [0.717, 1.165) is 25.9 Å². The zero-order valence-corrected chi connectivity index (χ0v) is 21.2. The first-order chi connectivity index (χ1) is 13.4. The fourth-order valence-corrected chi connectivity index (χ4v) is 4.92. The molecule has 1 unspecified atom stereocenters. The van der Waals surface area contributed by atoms with E-state index in [1.165, 1.54) is 15.6 Å². The summed E-state index contributed by atoms with van der Waals surface area (Å²) in [5.41, 5.74) is 2.50. The van der Waals surface area contributed by atoms with Crippen molar-refractivity contribution in [3.63, 3.8) is 0 Å². The second-order valence-electron chi connectivity index (χ2n) is 7.16. The first-order valence-electron chi connectivity index (χ1n) is 10.2. The molecular formula is C20H36IN5O2S. The number of anilines is 1. The molecule has 1 aromatic carbocycles. The Morgan fingerprint density at radius 1 is 1.24 bits per heavy atom. The van der Waals surface area contributed by atoms with Crippen LogP contribution in [0.5, 0.6) is 0 Å². The summed E-state index contributed by atoms with van der Waals surface area (Å²) in [6, 6.07) is 8.90. The second-order valence-corrected chi connectivity index (χ2v) is 9.25. The number of hydrogen-bond acceptors (Lipinski definition) is 4. The third kappa shape index (κ3) is 7.93. The Kier molecular flexibility index (Phi) is 11.3. The van der Waals surface area contributed by atoms with E-state index >= 15 is 0 Å². The van der Waals surface area contributed by atoms with Crippen LogP contribution in [0.2, 0.25) is 0 Å². The van der Waals surface area contributed by atoms with Gasteiger partial charge in [0.1, 0.15) is 0 Å². The molecule has 1 aromatic rings. The van der Waals surface area contributed by atoms with Gasteiger partial charge in [-0.1, -0.05) is 31.5 Å². The van der Waals surface area contributed by atoms with Gasteiger partial charge in [0, 0.05) is 51.5 Å². The van der Waals surface area contributed by atoms with Gasteiger partial charge in [-0.25, -0.2) is 12.7 Å². The summed E-state index contributed by atoms with van der Waals surface area (Å²) < 4.78 is 26.1. The summed E-state index contributed by atoms with van der Waals surface area (Å²) in [6.07, 6.45) is 2.18. The zero-order chi connectivity index (χ0) is 20.6. The Bertz CT molecular complexity index is 736.